The van der Waals surface area contributed by atoms with Crippen LogP contribution < -0.4 is 14.2 Å². The largest absolute Gasteiger partial charge is 0.494 e. The van der Waals surface area contributed by atoms with Crippen molar-refractivity contribution in [2.24, 2.45) is 0 Å². The monoisotopic (exact) mass is 536 g/mol. The first-order chi connectivity index (χ1) is 18.8. The van der Waals surface area contributed by atoms with Crippen molar-refractivity contribution >= 4 is 18.0 Å². The Kier molecular flexibility index (Phi) is 13.9. The fraction of sp³-hybridized carbons (Fsp3) is 0.355. The number of hydrogen-bond acceptors (Lipinski definition) is 8. The number of rotatable bonds is 17. The normalized spacial score (nSPS) is 11.4. The van der Waals surface area contributed by atoms with Gasteiger partial charge in [0.1, 0.15) is 5.75 Å². The Morgan fingerprint density at radius 1 is 1.03 bits per heavy atom. The molecule has 0 amide bonds. The molecule has 0 heterocycles. The summed E-state index contributed by atoms with van der Waals surface area (Å²) in [6.07, 6.45) is 11.2. The molecule has 39 heavy (non-hydrogen) atoms. The molecule has 1 atom stereocenters. The molecule has 2 aromatic carbocycles. The number of ether oxygens (including phenoxy) is 5. The van der Waals surface area contributed by atoms with Gasteiger partial charge in [0, 0.05) is 12.0 Å². The van der Waals surface area contributed by atoms with Gasteiger partial charge in [-0.2, -0.15) is 0 Å². The Hall–Kier alpha value is -4.06. The zero-order chi connectivity index (χ0) is 28.5. The molecule has 0 aliphatic carbocycles. The number of carbonyl (C=O) groups excluding carboxylic acids is 2. The van der Waals surface area contributed by atoms with Crippen molar-refractivity contribution in [2.75, 3.05) is 26.9 Å². The lowest BCUT2D eigenvalue weighted by atomic mass is 10.2. The molecule has 0 aromatic heterocycles. The van der Waals surface area contributed by atoms with Gasteiger partial charge < -0.3 is 28.8 Å². The van der Waals surface area contributed by atoms with Crippen molar-refractivity contribution in [2.45, 2.75) is 45.3 Å². The van der Waals surface area contributed by atoms with Crippen LogP contribution in [0.3, 0.4) is 0 Å². The van der Waals surface area contributed by atoms with Gasteiger partial charge >= 0.3 is 11.9 Å². The minimum Gasteiger partial charge on any atom is -0.494 e. The summed E-state index contributed by atoms with van der Waals surface area (Å²) in [7, 11) is 1.47. The third-order valence-corrected chi connectivity index (χ3v) is 5.36. The number of benzene rings is 2. The molecule has 0 aliphatic rings. The predicted molar refractivity (Wildman–Crippen MR) is 149 cm³/mol. The van der Waals surface area contributed by atoms with Crippen molar-refractivity contribution in [3.8, 4) is 29.6 Å². The van der Waals surface area contributed by atoms with E-state index in [1.165, 1.54) is 13.2 Å². The second-order valence-corrected chi connectivity index (χ2v) is 8.58. The van der Waals surface area contributed by atoms with Gasteiger partial charge in [-0.25, -0.2) is 9.59 Å². The van der Waals surface area contributed by atoms with E-state index in [0.717, 1.165) is 31.2 Å². The highest BCUT2D eigenvalue weighted by Gasteiger charge is 2.13. The zero-order valence-electron chi connectivity index (χ0n) is 22.5. The first kappa shape index (κ1) is 31.2. The molecular weight excluding hydrogens is 500 g/mol. The molecule has 2 aromatic rings. The van der Waals surface area contributed by atoms with Crippen LogP contribution in [-0.4, -0.2) is 50.3 Å². The molecule has 0 spiro atoms. The maximum Gasteiger partial charge on any atom is 0.343 e. The molecule has 0 radical (unpaired) electrons. The number of terminal acetylenes is 1. The Labute approximate surface area is 230 Å². The van der Waals surface area contributed by atoms with Gasteiger partial charge in [-0.15, -0.1) is 12.3 Å². The third kappa shape index (κ3) is 11.9. The van der Waals surface area contributed by atoms with Crippen LogP contribution in [0.25, 0.3) is 6.08 Å². The van der Waals surface area contributed by atoms with Gasteiger partial charge in [-0.1, -0.05) is 18.7 Å². The van der Waals surface area contributed by atoms with Crippen LogP contribution in [0, 0.1) is 12.3 Å². The second-order valence-electron chi connectivity index (χ2n) is 8.58. The van der Waals surface area contributed by atoms with Crippen LogP contribution in [-0.2, 0) is 14.3 Å². The Morgan fingerprint density at radius 3 is 2.41 bits per heavy atom. The smallest absolute Gasteiger partial charge is 0.343 e. The summed E-state index contributed by atoms with van der Waals surface area (Å²) >= 11 is 0. The molecule has 0 saturated heterocycles. The van der Waals surface area contributed by atoms with Crippen molar-refractivity contribution in [1.29, 1.82) is 0 Å². The molecule has 208 valence electrons. The van der Waals surface area contributed by atoms with Gasteiger partial charge in [-0.05, 0) is 80.6 Å². The van der Waals surface area contributed by atoms with Crippen LogP contribution in [0.5, 0.6) is 17.2 Å². The van der Waals surface area contributed by atoms with Crippen LogP contribution in [0.4, 0.5) is 0 Å². The molecule has 0 aliphatic heterocycles. The quantitative estimate of drug-likeness (QED) is 0.0722. The molecule has 0 saturated carbocycles. The summed E-state index contributed by atoms with van der Waals surface area (Å²) in [6, 6.07) is 11.7. The molecule has 8 nitrogen and oxygen atoms in total. The zero-order valence-corrected chi connectivity index (χ0v) is 22.5. The molecule has 0 bridgehead atoms. The van der Waals surface area contributed by atoms with Gasteiger partial charge in [0.2, 0.25) is 0 Å². The van der Waals surface area contributed by atoms with E-state index >= 15 is 0 Å². The summed E-state index contributed by atoms with van der Waals surface area (Å²) in [5, 5.41) is 9.81. The summed E-state index contributed by atoms with van der Waals surface area (Å²) in [5.41, 5.74) is 1.49. The number of methoxy groups -OCH3 is 1. The summed E-state index contributed by atoms with van der Waals surface area (Å²) < 4.78 is 26.8. The first-order valence-corrected chi connectivity index (χ1v) is 12.7. The Balaban J connectivity index is 1.78. The topological polar surface area (TPSA) is 101 Å². The highest BCUT2D eigenvalue weighted by Crippen LogP contribution is 2.29. The van der Waals surface area contributed by atoms with Crippen LogP contribution >= 0.6 is 0 Å². The lowest BCUT2D eigenvalue weighted by molar-refractivity contribution is -0.139. The summed E-state index contributed by atoms with van der Waals surface area (Å²) in [6.45, 7) is 6.37. The predicted octanol–water partition coefficient (Wildman–Crippen LogP) is 5.34. The van der Waals surface area contributed by atoms with E-state index in [-0.39, 0.29) is 18.3 Å². The van der Waals surface area contributed by atoms with Crippen LogP contribution in [0.15, 0.2) is 60.7 Å². The SMILES string of the molecule is C#CCCOC(O)/C=C/c1ccc(OC(=O)c2ccc(OCCCCCCOC(=O)C(=C)C)cc2)c(OC)c1. The van der Waals surface area contributed by atoms with Gasteiger partial charge in [0.15, 0.2) is 17.8 Å². The number of unbranched alkanes of at least 4 members (excludes halogenated alkanes) is 3. The molecule has 1 unspecified atom stereocenters. The minimum atomic E-state index is -1.08. The molecular formula is C31H36O8. The fourth-order valence-electron chi connectivity index (χ4n) is 3.24. The second kappa shape index (κ2) is 17.4. The Morgan fingerprint density at radius 2 is 1.74 bits per heavy atom. The first-order valence-electron chi connectivity index (χ1n) is 12.7. The lowest BCUT2D eigenvalue weighted by Gasteiger charge is -2.11. The van der Waals surface area contributed by atoms with E-state index in [0.29, 0.717) is 42.3 Å². The summed E-state index contributed by atoms with van der Waals surface area (Å²) in [5.74, 6) is 2.82. The average Bonchev–Trinajstić information content (AvgIpc) is 2.94. The van der Waals surface area contributed by atoms with Crippen LogP contribution in [0.2, 0.25) is 0 Å². The average molecular weight is 537 g/mol. The fourth-order valence-corrected chi connectivity index (χ4v) is 3.24. The van der Waals surface area contributed by atoms with E-state index in [4.69, 9.17) is 30.1 Å². The maximum absolute atomic E-state index is 12.7. The van der Waals surface area contributed by atoms with E-state index in [2.05, 4.69) is 12.5 Å². The molecule has 0 fully saturated rings. The third-order valence-electron chi connectivity index (χ3n) is 5.36. The highest BCUT2D eigenvalue weighted by molar-refractivity contribution is 5.91. The van der Waals surface area contributed by atoms with Crippen molar-refractivity contribution < 1.29 is 38.4 Å². The number of hydrogen-bond donors (Lipinski definition) is 1. The Bertz CT molecular complexity index is 1140. The van der Waals surface area contributed by atoms with Gasteiger partial charge in [-0.3, -0.25) is 0 Å². The maximum atomic E-state index is 12.7. The van der Waals surface area contributed by atoms with Crippen molar-refractivity contribution in [3.05, 3.63) is 71.8 Å². The van der Waals surface area contributed by atoms with Crippen molar-refractivity contribution in [3.63, 3.8) is 0 Å². The summed E-state index contributed by atoms with van der Waals surface area (Å²) in [4.78, 5) is 24.0. The minimum absolute atomic E-state index is 0.255. The van der Waals surface area contributed by atoms with E-state index in [1.54, 1.807) is 55.5 Å². The highest BCUT2D eigenvalue weighted by atomic mass is 16.6. The number of carbonyl (C=O) groups is 2. The van der Waals surface area contributed by atoms with E-state index < -0.39 is 12.3 Å². The van der Waals surface area contributed by atoms with Gasteiger partial charge in [0.05, 0.1) is 32.5 Å². The van der Waals surface area contributed by atoms with E-state index in [1.807, 2.05) is 0 Å². The van der Waals surface area contributed by atoms with Gasteiger partial charge in [0.25, 0.3) is 0 Å². The standard InChI is InChI=1S/C31H36O8/c1-5-6-19-37-29(32)18-12-24-11-17-27(28(22-24)35-4)39-31(34)25-13-15-26(16-14-25)36-20-9-7-8-10-21-38-30(33)23(2)3/h1,11-18,22,29,32H,2,6-10,19-21H2,3-4H3/b18-12+. The molecule has 2 rings (SSSR count). The number of esters is 2. The molecule has 1 N–H and O–H groups in total. The van der Waals surface area contributed by atoms with E-state index in [9.17, 15) is 14.7 Å². The molecule has 8 heteroatoms. The van der Waals surface area contributed by atoms with Crippen LogP contribution in [0.1, 0.15) is 54.9 Å². The van der Waals surface area contributed by atoms with Crippen molar-refractivity contribution in [1.82, 2.24) is 0 Å². The number of aliphatic hydroxyl groups excluding tert-OH is 1. The number of aliphatic hydroxyl groups is 1. The lowest BCUT2D eigenvalue weighted by Crippen LogP contribution is -2.09.